The van der Waals surface area contributed by atoms with Crippen molar-refractivity contribution in [2.24, 2.45) is 0 Å². The monoisotopic (exact) mass is 1030 g/mol. The minimum Gasteiger partial charge on any atom is -0.550 e. The zero-order chi connectivity index (χ0) is 42.5. The van der Waals surface area contributed by atoms with Gasteiger partial charge < -0.3 is 19.8 Å². The largest absolute Gasteiger partial charge is 1.00 e. The molecule has 6 heteroatoms. The fraction of sp³-hybridized carbons (Fsp3) is 0.963. The van der Waals surface area contributed by atoms with Crippen LogP contribution >= 0.6 is 0 Å². The van der Waals surface area contributed by atoms with E-state index in [-0.39, 0.29) is 57.6 Å². The van der Waals surface area contributed by atoms with Gasteiger partial charge in [-0.05, 0) is 25.7 Å². The van der Waals surface area contributed by atoms with Crippen LogP contribution in [0, 0.1) is 0 Å². The molecule has 0 rings (SSSR count). The summed E-state index contributed by atoms with van der Waals surface area (Å²) >= 11 is 0. The molecule has 0 unspecified atom stereocenters. The van der Waals surface area contributed by atoms with Gasteiger partial charge >= 0.3 is 44.8 Å². The minimum atomic E-state index is -0.899. The van der Waals surface area contributed by atoms with E-state index in [1.54, 1.807) is 0 Å². The van der Waals surface area contributed by atoms with Crippen LogP contribution in [0.5, 0.6) is 0 Å². The number of hydrogen-bond acceptors (Lipinski definition) is 4. The second-order valence-electron chi connectivity index (χ2n) is 18.5. The number of carbonyl (C=O) groups excluding carboxylic acids is 2. The first kappa shape index (κ1) is 67.0. The second-order valence-corrected chi connectivity index (χ2v) is 18.5. The van der Waals surface area contributed by atoms with Gasteiger partial charge in [-0.3, -0.25) is 0 Å². The Morgan fingerprint density at radius 2 is 0.317 bits per heavy atom. The van der Waals surface area contributed by atoms with Crippen molar-refractivity contribution >= 4 is 11.9 Å². The van der Waals surface area contributed by atoms with Gasteiger partial charge in [-0.2, -0.15) is 0 Å². The number of carboxylic acid groups (broad SMARTS) is 2. The number of carboxylic acids is 2. The van der Waals surface area contributed by atoms with Gasteiger partial charge in [-0.15, -0.1) is 0 Å². The van der Waals surface area contributed by atoms with Crippen LogP contribution in [0.25, 0.3) is 0 Å². The van der Waals surface area contributed by atoms with Crippen molar-refractivity contribution in [3.05, 3.63) is 0 Å². The van der Waals surface area contributed by atoms with Gasteiger partial charge in [0.1, 0.15) is 0 Å². The summed E-state index contributed by atoms with van der Waals surface area (Å²) in [5, 5.41) is 20.6. The van der Waals surface area contributed by atoms with Crippen molar-refractivity contribution in [1.82, 2.24) is 0 Å². The first-order valence-corrected chi connectivity index (χ1v) is 26.9. The summed E-state index contributed by atoms with van der Waals surface area (Å²) in [6.45, 7) is 4.58. The van der Waals surface area contributed by atoms with E-state index in [0.29, 0.717) is 0 Å². The summed E-state index contributed by atoms with van der Waals surface area (Å²) in [6.07, 6.45) is 66.3. The maximum atomic E-state index is 10.3. The summed E-state index contributed by atoms with van der Waals surface area (Å²) < 4.78 is 0. The molecule has 60 heavy (non-hydrogen) atoms. The first-order chi connectivity index (χ1) is 28.5. The average molecular weight is 1040 g/mol. The van der Waals surface area contributed by atoms with Crippen LogP contribution in [0.1, 0.15) is 335 Å². The standard InChI is InChI=1S/2C27H54O2.2Ag/c2*1-2-3-4-5-6-7-8-9-10-11-12-13-14-15-16-17-18-19-20-21-22-23-24-25-26-27(28)29;;/h2*2-26H2,1H3,(H,28,29);;/q;;2*+1/p-2. The molecular weight excluding hydrogens is 928 g/mol. The molecule has 0 aliphatic rings. The molecule has 0 spiro atoms. The fourth-order valence-corrected chi connectivity index (χ4v) is 8.46. The van der Waals surface area contributed by atoms with Gasteiger partial charge in [0.05, 0.1) is 0 Å². The normalized spacial score (nSPS) is 10.8. The first-order valence-electron chi connectivity index (χ1n) is 26.9. The van der Waals surface area contributed by atoms with Crippen LogP contribution in [0.3, 0.4) is 0 Å². The molecule has 0 N–H and O–H groups in total. The van der Waals surface area contributed by atoms with E-state index in [9.17, 15) is 19.8 Å². The Hall–Kier alpha value is 0.421. The van der Waals surface area contributed by atoms with Crippen LogP contribution in [0.4, 0.5) is 0 Å². The van der Waals surface area contributed by atoms with Crippen molar-refractivity contribution in [1.29, 1.82) is 0 Å². The van der Waals surface area contributed by atoms with E-state index >= 15 is 0 Å². The Morgan fingerprint density at radius 3 is 0.417 bits per heavy atom. The molecule has 0 heterocycles. The van der Waals surface area contributed by atoms with Gasteiger partial charge in [0.2, 0.25) is 0 Å². The summed E-state index contributed by atoms with van der Waals surface area (Å²) in [5.41, 5.74) is 0. The van der Waals surface area contributed by atoms with Crippen LogP contribution < -0.4 is 10.2 Å². The molecule has 0 bridgehead atoms. The van der Waals surface area contributed by atoms with Gasteiger partial charge in [-0.1, -0.05) is 309 Å². The van der Waals surface area contributed by atoms with Crippen molar-refractivity contribution in [2.75, 3.05) is 0 Å². The van der Waals surface area contributed by atoms with E-state index in [0.717, 1.165) is 25.7 Å². The second kappa shape index (κ2) is 63.7. The van der Waals surface area contributed by atoms with Gasteiger partial charge in [0, 0.05) is 11.9 Å². The molecule has 0 amide bonds. The van der Waals surface area contributed by atoms with Crippen molar-refractivity contribution in [3.8, 4) is 0 Å². The van der Waals surface area contributed by atoms with Crippen LogP contribution in [-0.4, -0.2) is 11.9 Å². The SMILES string of the molecule is CCCCCCCCCCCCCCCCCCCCCCCCCCC(=O)[O-].CCCCCCCCCCCCCCCCCCCCCCCCCCC(=O)[O-].[Ag+].[Ag+]. The summed E-state index contributed by atoms with van der Waals surface area (Å²) in [6, 6.07) is 0. The smallest absolute Gasteiger partial charge is 0.550 e. The number of carbonyl (C=O) groups is 2. The van der Waals surface area contributed by atoms with Crippen LogP contribution in [-0.2, 0) is 54.3 Å². The number of hydrogen-bond donors (Lipinski definition) is 0. The quantitative estimate of drug-likeness (QED) is 0.0449. The van der Waals surface area contributed by atoms with Crippen LogP contribution in [0.2, 0.25) is 0 Å². The molecule has 0 fully saturated rings. The molecule has 0 aromatic rings. The Morgan fingerprint density at radius 1 is 0.217 bits per heavy atom. The third-order valence-corrected chi connectivity index (χ3v) is 12.5. The maximum absolute atomic E-state index is 10.3. The molecule has 0 aliphatic carbocycles. The predicted molar refractivity (Wildman–Crippen MR) is 252 cm³/mol. The molecular formula is C54H106Ag2O4. The third kappa shape index (κ3) is 70.1. The Kier molecular flexibility index (Phi) is 71.2. The fourth-order valence-electron chi connectivity index (χ4n) is 8.46. The molecule has 0 aliphatic heterocycles. The van der Waals surface area contributed by atoms with E-state index in [4.69, 9.17) is 0 Å². The van der Waals surface area contributed by atoms with Gasteiger partial charge in [-0.25, -0.2) is 0 Å². The maximum Gasteiger partial charge on any atom is 1.00 e. The predicted octanol–water partition coefficient (Wildman–Crippen LogP) is 17.0. The summed E-state index contributed by atoms with van der Waals surface area (Å²) in [5.74, 6) is -1.80. The molecule has 0 saturated heterocycles. The number of rotatable bonds is 50. The molecule has 0 atom stereocenters. The number of unbranched alkanes of at least 4 members (excludes halogenated alkanes) is 46. The van der Waals surface area contributed by atoms with E-state index < -0.39 is 11.9 Å². The molecule has 0 aromatic carbocycles. The Labute approximate surface area is 408 Å². The zero-order valence-corrected chi connectivity index (χ0v) is 43.6. The van der Waals surface area contributed by atoms with Crippen molar-refractivity contribution in [3.63, 3.8) is 0 Å². The molecule has 4 nitrogen and oxygen atoms in total. The van der Waals surface area contributed by atoms with E-state index in [1.807, 2.05) is 0 Å². The Bertz CT molecular complexity index is 702. The zero-order valence-electron chi connectivity index (χ0n) is 40.6. The topological polar surface area (TPSA) is 80.3 Å². The molecule has 0 saturated carbocycles. The van der Waals surface area contributed by atoms with Gasteiger partial charge in [0.25, 0.3) is 0 Å². The van der Waals surface area contributed by atoms with Crippen molar-refractivity contribution < 1.29 is 64.6 Å². The van der Waals surface area contributed by atoms with Crippen LogP contribution in [0.15, 0.2) is 0 Å². The van der Waals surface area contributed by atoms with E-state index in [2.05, 4.69) is 13.8 Å². The average Bonchev–Trinajstić information content (AvgIpc) is 3.21. The molecule has 0 aromatic heterocycles. The van der Waals surface area contributed by atoms with E-state index in [1.165, 1.54) is 283 Å². The third-order valence-electron chi connectivity index (χ3n) is 12.5. The molecule has 368 valence electrons. The summed E-state index contributed by atoms with van der Waals surface area (Å²) in [4.78, 5) is 20.6. The molecule has 0 radical (unpaired) electrons. The minimum absolute atomic E-state index is 0. The number of aliphatic carboxylic acids is 2. The van der Waals surface area contributed by atoms with Gasteiger partial charge in [0.15, 0.2) is 0 Å². The Balaban J connectivity index is -0.000000506. The summed E-state index contributed by atoms with van der Waals surface area (Å²) in [7, 11) is 0. The van der Waals surface area contributed by atoms with Crippen molar-refractivity contribution in [2.45, 2.75) is 335 Å².